The van der Waals surface area contributed by atoms with Crippen LogP contribution in [0.25, 0.3) is 10.9 Å². The average molecular weight is 424 g/mol. The van der Waals surface area contributed by atoms with Gasteiger partial charge in [0, 0.05) is 30.2 Å². The fourth-order valence-electron chi connectivity index (χ4n) is 3.54. The van der Waals surface area contributed by atoms with Gasteiger partial charge in [-0.2, -0.15) is 5.26 Å². The molecule has 0 bridgehead atoms. The van der Waals surface area contributed by atoms with Gasteiger partial charge in [0.15, 0.2) is 0 Å². The third-order valence-corrected chi connectivity index (χ3v) is 6.46. The highest BCUT2D eigenvalue weighted by Gasteiger charge is 2.22. The lowest BCUT2D eigenvalue weighted by Crippen LogP contribution is -2.40. The summed E-state index contributed by atoms with van der Waals surface area (Å²) in [5.41, 5.74) is 2.49. The zero-order valence-electron chi connectivity index (χ0n) is 16.3. The summed E-state index contributed by atoms with van der Waals surface area (Å²) >= 11 is 0. The van der Waals surface area contributed by atoms with Crippen molar-refractivity contribution >= 4 is 32.5 Å². The van der Waals surface area contributed by atoms with Gasteiger partial charge in [0.1, 0.15) is 6.07 Å². The number of nitrogens with one attached hydrogen (secondary N) is 2. The van der Waals surface area contributed by atoms with Gasteiger partial charge in [0.25, 0.3) is 15.9 Å². The molecule has 1 aliphatic heterocycles. The fourth-order valence-corrected chi connectivity index (χ4v) is 4.66. The van der Waals surface area contributed by atoms with Crippen LogP contribution in [0.15, 0.2) is 47.5 Å². The zero-order chi connectivity index (χ0) is 21.3. The first-order chi connectivity index (χ1) is 14.4. The van der Waals surface area contributed by atoms with Crippen molar-refractivity contribution in [2.75, 3.05) is 31.0 Å². The molecular formula is C21H20N4O4S. The molecule has 1 amide bonds. The molecule has 2 N–H and O–H groups in total. The lowest BCUT2D eigenvalue weighted by Gasteiger charge is -2.27. The summed E-state index contributed by atoms with van der Waals surface area (Å²) in [6.07, 6.45) is 1.55. The van der Waals surface area contributed by atoms with Crippen LogP contribution < -0.4 is 4.72 Å². The molecule has 30 heavy (non-hydrogen) atoms. The largest absolute Gasteiger partial charge is 0.378 e. The molecule has 3 aromatic rings. The minimum Gasteiger partial charge on any atom is -0.378 e. The quantitative estimate of drug-likeness (QED) is 0.668. The van der Waals surface area contributed by atoms with E-state index in [-0.39, 0.29) is 10.8 Å². The van der Waals surface area contributed by atoms with E-state index in [4.69, 9.17) is 4.74 Å². The van der Waals surface area contributed by atoms with Gasteiger partial charge >= 0.3 is 0 Å². The maximum Gasteiger partial charge on any atom is 0.261 e. The number of H-pyrrole nitrogens is 1. The number of benzene rings is 2. The number of carbonyl (C=O) groups excluding carboxylic acids is 1. The minimum atomic E-state index is -3.95. The fraction of sp³-hybridized carbons (Fsp3) is 0.238. The molecule has 0 aliphatic carbocycles. The van der Waals surface area contributed by atoms with Crippen molar-refractivity contribution in [2.45, 2.75) is 11.8 Å². The number of carbonyl (C=O) groups is 1. The van der Waals surface area contributed by atoms with Gasteiger partial charge in [0.2, 0.25) is 0 Å². The number of aromatic amines is 1. The van der Waals surface area contributed by atoms with Gasteiger partial charge in [-0.25, -0.2) is 8.42 Å². The number of aromatic nitrogens is 1. The van der Waals surface area contributed by atoms with Crippen LogP contribution >= 0.6 is 0 Å². The van der Waals surface area contributed by atoms with Crippen LogP contribution in [0.2, 0.25) is 0 Å². The smallest absolute Gasteiger partial charge is 0.261 e. The molecule has 0 radical (unpaired) electrons. The molecule has 0 spiro atoms. The Balaban J connectivity index is 1.66. The highest BCUT2D eigenvalue weighted by molar-refractivity contribution is 7.92. The van der Waals surface area contributed by atoms with Crippen LogP contribution in [0.4, 0.5) is 5.69 Å². The van der Waals surface area contributed by atoms with E-state index in [9.17, 15) is 18.5 Å². The van der Waals surface area contributed by atoms with E-state index < -0.39 is 10.0 Å². The van der Waals surface area contributed by atoms with Gasteiger partial charge in [-0.05, 0) is 36.8 Å². The Morgan fingerprint density at radius 1 is 1.23 bits per heavy atom. The maximum atomic E-state index is 13.0. The molecule has 2 heterocycles. The topological polar surface area (TPSA) is 115 Å². The molecule has 1 aliphatic rings. The molecule has 0 atom stereocenters. The van der Waals surface area contributed by atoms with Crippen LogP contribution in [0.3, 0.4) is 0 Å². The lowest BCUT2D eigenvalue weighted by atomic mass is 10.1. The first-order valence-corrected chi connectivity index (χ1v) is 10.9. The van der Waals surface area contributed by atoms with Crippen LogP contribution in [0.1, 0.15) is 21.5 Å². The predicted octanol–water partition coefficient (Wildman–Crippen LogP) is 2.62. The maximum absolute atomic E-state index is 13.0. The van der Waals surface area contributed by atoms with E-state index >= 15 is 0 Å². The first kappa shape index (κ1) is 19.9. The number of aryl methyl sites for hydroxylation is 1. The van der Waals surface area contributed by atoms with E-state index in [0.717, 1.165) is 5.56 Å². The predicted molar refractivity (Wildman–Crippen MR) is 112 cm³/mol. The Morgan fingerprint density at radius 2 is 2.00 bits per heavy atom. The van der Waals surface area contributed by atoms with Crippen molar-refractivity contribution in [3.8, 4) is 6.07 Å². The van der Waals surface area contributed by atoms with Crippen LogP contribution in [-0.4, -0.2) is 50.5 Å². The summed E-state index contributed by atoms with van der Waals surface area (Å²) in [5.74, 6) is -0.226. The number of nitrogens with zero attached hydrogens (tertiary/aromatic N) is 2. The zero-order valence-corrected chi connectivity index (χ0v) is 17.1. The summed E-state index contributed by atoms with van der Waals surface area (Å²) in [6.45, 7) is 3.74. The molecule has 154 valence electrons. The number of hydrogen-bond acceptors (Lipinski definition) is 5. The molecule has 2 aromatic carbocycles. The number of fused-ring (bicyclic) bond motifs is 1. The average Bonchev–Trinajstić information content (AvgIpc) is 3.21. The number of morpholine rings is 1. The normalized spacial score (nSPS) is 14.5. The minimum absolute atomic E-state index is 0.0117. The van der Waals surface area contributed by atoms with Gasteiger partial charge in [0.05, 0.1) is 34.9 Å². The molecule has 4 rings (SSSR count). The van der Waals surface area contributed by atoms with E-state index in [1.807, 2.05) is 6.92 Å². The molecule has 9 heteroatoms. The second kappa shape index (κ2) is 7.82. The van der Waals surface area contributed by atoms with Crippen LogP contribution in [-0.2, 0) is 14.8 Å². The number of hydrogen-bond donors (Lipinski definition) is 2. The molecular weight excluding hydrogens is 404 g/mol. The van der Waals surface area contributed by atoms with E-state index in [1.165, 1.54) is 12.1 Å². The van der Waals surface area contributed by atoms with Gasteiger partial charge in [-0.3, -0.25) is 9.52 Å². The lowest BCUT2D eigenvalue weighted by molar-refractivity contribution is 0.0302. The third-order valence-electron chi connectivity index (χ3n) is 5.10. The molecule has 1 saturated heterocycles. The Hall–Kier alpha value is -3.35. The van der Waals surface area contributed by atoms with Crippen molar-refractivity contribution < 1.29 is 17.9 Å². The number of rotatable bonds is 4. The number of anilines is 1. The van der Waals surface area contributed by atoms with Crippen molar-refractivity contribution in [3.05, 3.63) is 59.3 Å². The van der Waals surface area contributed by atoms with Crippen molar-refractivity contribution in [2.24, 2.45) is 0 Å². The van der Waals surface area contributed by atoms with Crippen molar-refractivity contribution in [3.63, 3.8) is 0 Å². The molecule has 1 aromatic heterocycles. The van der Waals surface area contributed by atoms with Gasteiger partial charge in [-0.15, -0.1) is 0 Å². The van der Waals surface area contributed by atoms with Gasteiger partial charge in [-0.1, -0.05) is 12.1 Å². The van der Waals surface area contributed by atoms with Crippen molar-refractivity contribution in [1.82, 2.24) is 9.88 Å². The second-order valence-electron chi connectivity index (χ2n) is 7.03. The van der Waals surface area contributed by atoms with Crippen LogP contribution in [0.5, 0.6) is 0 Å². The summed E-state index contributed by atoms with van der Waals surface area (Å²) in [4.78, 5) is 17.3. The van der Waals surface area contributed by atoms with E-state index in [2.05, 4.69) is 15.8 Å². The Bertz CT molecular complexity index is 1270. The highest BCUT2D eigenvalue weighted by atomic mass is 32.2. The van der Waals surface area contributed by atoms with E-state index in [1.54, 1.807) is 35.4 Å². The molecule has 8 nitrogen and oxygen atoms in total. The van der Waals surface area contributed by atoms with Crippen LogP contribution in [0, 0.1) is 18.3 Å². The Morgan fingerprint density at radius 3 is 2.73 bits per heavy atom. The number of amides is 1. The molecule has 1 fully saturated rings. The number of nitriles is 1. The summed E-state index contributed by atoms with van der Waals surface area (Å²) in [6, 6.07) is 11.5. The SMILES string of the molecule is Cc1ccc(NS(=O)(=O)c2cccc(C(=O)N3CCOCC3)c2)c2[nH]cc(C#N)c12. The summed E-state index contributed by atoms with van der Waals surface area (Å²) in [7, 11) is -3.95. The third kappa shape index (κ3) is 3.63. The van der Waals surface area contributed by atoms with Gasteiger partial charge < -0.3 is 14.6 Å². The van der Waals surface area contributed by atoms with Crippen molar-refractivity contribution in [1.29, 1.82) is 5.26 Å². The monoisotopic (exact) mass is 424 g/mol. The standard InChI is InChI=1S/C21H20N4O4S/c1-14-5-6-18(20-19(14)16(12-22)13-23-20)24-30(27,28)17-4-2-3-15(11-17)21(26)25-7-9-29-10-8-25/h2-6,11,13,23-24H,7-10H2,1H3. The summed E-state index contributed by atoms with van der Waals surface area (Å²) in [5, 5.41) is 9.96. The number of ether oxygens (including phenoxy) is 1. The van der Waals surface area contributed by atoms with E-state index in [0.29, 0.717) is 54.0 Å². The Kier molecular flexibility index (Phi) is 5.20. The Labute approximate surface area is 174 Å². The first-order valence-electron chi connectivity index (χ1n) is 9.41. The summed E-state index contributed by atoms with van der Waals surface area (Å²) < 4.78 is 33.9. The molecule has 0 saturated carbocycles. The number of sulfonamides is 1. The molecule has 0 unspecified atom stereocenters. The second-order valence-corrected chi connectivity index (χ2v) is 8.71. The highest BCUT2D eigenvalue weighted by Crippen LogP contribution is 2.30.